The average molecular weight is 490 g/mol. The van der Waals surface area contributed by atoms with Crippen LogP contribution in [0.4, 0.5) is 5.69 Å². The van der Waals surface area contributed by atoms with Gasteiger partial charge in [-0.05, 0) is 61.0 Å². The number of carbonyl (C=O) groups excluding carboxylic acids is 1. The molecule has 2 aromatic carbocycles. The molecule has 7 nitrogen and oxygen atoms in total. The highest BCUT2D eigenvalue weighted by molar-refractivity contribution is 9.10. The molecule has 0 bridgehead atoms. The minimum Gasteiger partial charge on any atom is -0.439 e. The summed E-state index contributed by atoms with van der Waals surface area (Å²) in [5.74, 6) is 0.626. The van der Waals surface area contributed by atoms with Gasteiger partial charge in [-0.25, -0.2) is 13.4 Å². The molecule has 0 aliphatic heterocycles. The maximum Gasteiger partial charge on any atom is 0.261 e. The molecule has 9 heteroatoms. The Hall–Kier alpha value is -2.91. The number of pyridine rings is 1. The van der Waals surface area contributed by atoms with E-state index in [0.29, 0.717) is 29.4 Å². The number of amides is 1. The van der Waals surface area contributed by atoms with Crippen molar-refractivity contribution in [2.24, 2.45) is 0 Å². The van der Waals surface area contributed by atoms with Crippen LogP contribution in [0.5, 0.6) is 11.6 Å². The maximum absolute atomic E-state index is 12.4. The van der Waals surface area contributed by atoms with Crippen molar-refractivity contribution >= 4 is 37.5 Å². The molecule has 3 aromatic rings. The summed E-state index contributed by atoms with van der Waals surface area (Å²) in [7, 11) is -3.68. The summed E-state index contributed by atoms with van der Waals surface area (Å²) in [4.78, 5) is 16.2. The zero-order valence-electron chi connectivity index (χ0n) is 16.1. The number of aromatic nitrogens is 1. The van der Waals surface area contributed by atoms with Crippen molar-refractivity contribution in [1.82, 2.24) is 10.3 Å². The summed E-state index contributed by atoms with van der Waals surface area (Å²) >= 11 is 3.28. The van der Waals surface area contributed by atoms with Crippen LogP contribution in [0.1, 0.15) is 23.7 Å². The number of rotatable bonds is 8. The van der Waals surface area contributed by atoms with Gasteiger partial charge in [0.2, 0.25) is 5.88 Å². The van der Waals surface area contributed by atoms with Crippen LogP contribution >= 0.6 is 15.9 Å². The van der Waals surface area contributed by atoms with E-state index in [2.05, 4.69) is 31.0 Å². The first-order chi connectivity index (χ1) is 14.4. The third-order valence-electron chi connectivity index (χ3n) is 3.99. The van der Waals surface area contributed by atoms with Gasteiger partial charge in [-0.1, -0.05) is 22.9 Å². The fraction of sp³-hybridized carbons (Fsp3) is 0.143. The van der Waals surface area contributed by atoms with E-state index in [1.165, 1.54) is 18.3 Å². The predicted molar refractivity (Wildman–Crippen MR) is 118 cm³/mol. The van der Waals surface area contributed by atoms with Crippen molar-refractivity contribution in [2.45, 2.75) is 18.2 Å². The minimum atomic E-state index is -3.68. The number of sulfonamides is 1. The molecule has 0 radical (unpaired) electrons. The number of anilines is 1. The second-order valence-corrected chi connectivity index (χ2v) is 8.92. The minimum absolute atomic E-state index is 0.165. The first kappa shape index (κ1) is 21.8. The van der Waals surface area contributed by atoms with Gasteiger partial charge in [0.25, 0.3) is 15.9 Å². The molecule has 0 unspecified atom stereocenters. The summed E-state index contributed by atoms with van der Waals surface area (Å²) in [5, 5.41) is 2.78. The van der Waals surface area contributed by atoms with E-state index >= 15 is 0 Å². The molecular weight excluding hydrogens is 470 g/mol. The van der Waals surface area contributed by atoms with Crippen molar-refractivity contribution in [2.75, 3.05) is 11.3 Å². The Morgan fingerprint density at radius 2 is 1.73 bits per heavy atom. The first-order valence-corrected chi connectivity index (χ1v) is 11.5. The molecule has 2 N–H and O–H groups in total. The van der Waals surface area contributed by atoms with Gasteiger partial charge in [0.05, 0.1) is 10.5 Å². The van der Waals surface area contributed by atoms with Crippen LogP contribution < -0.4 is 14.8 Å². The molecule has 0 aliphatic rings. The number of nitrogens with one attached hydrogen (secondary N) is 2. The van der Waals surface area contributed by atoms with E-state index in [1.54, 1.807) is 48.5 Å². The molecular formula is C21H20BrN3O4S. The van der Waals surface area contributed by atoms with Crippen molar-refractivity contribution in [3.05, 3.63) is 76.9 Å². The van der Waals surface area contributed by atoms with E-state index in [-0.39, 0.29) is 10.8 Å². The fourth-order valence-electron chi connectivity index (χ4n) is 2.46. The second-order valence-electron chi connectivity index (χ2n) is 6.33. The fourth-order valence-corrected chi connectivity index (χ4v) is 3.78. The van der Waals surface area contributed by atoms with Crippen LogP contribution in [0.2, 0.25) is 0 Å². The predicted octanol–water partition coefficient (Wildman–Crippen LogP) is 4.58. The number of ether oxygens (including phenoxy) is 1. The molecule has 0 atom stereocenters. The lowest BCUT2D eigenvalue weighted by Gasteiger charge is -2.10. The van der Waals surface area contributed by atoms with E-state index in [1.807, 2.05) is 6.92 Å². The van der Waals surface area contributed by atoms with Gasteiger partial charge in [0.1, 0.15) is 5.75 Å². The summed E-state index contributed by atoms with van der Waals surface area (Å²) in [6.45, 7) is 2.58. The number of halogens is 1. The zero-order chi connectivity index (χ0) is 21.6. The molecule has 1 heterocycles. The van der Waals surface area contributed by atoms with Crippen LogP contribution in [0.25, 0.3) is 0 Å². The smallest absolute Gasteiger partial charge is 0.261 e. The zero-order valence-corrected chi connectivity index (χ0v) is 18.5. The molecule has 0 saturated carbocycles. The van der Waals surface area contributed by atoms with Gasteiger partial charge in [-0.3, -0.25) is 9.52 Å². The summed E-state index contributed by atoms with van der Waals surface area (Å²) < 4.78 is 33.9. The van der Waals surface area contributed by atoms with E-state index < -0.39 is 10.0 Å². The summed E-state index contributed by atoms with van der Waals surface area (Å²) in [5.41, 5.74) is 0.856. The lowest BCUT2D eigenvalue weighted by molar-refractivity contribution is 0.0953. The van der Waals surface area contributed by atoms with Crippen LogP contribution in [0.15, 0.2) is 76.2 Å². The van der Waals surface area contributed by atoms with Gasteiger partial charge in [-0.15, -0.1) is 0 Å². The van der Waals surface area contributed by atoms with Gasteiger partial charge >= 0.3 is 0 Å². The van der Waals surface area contributed by atoms with Crippen molar-refractivity contribution < 1.29 is 17.9 Å². The Kier molecular flexibility index (Phi) is 7.07. The highest BCUT2D eigenvalue weighted by Gasteiger charge is 2.14. The molecule has 0 saturated heterocycles. The molecule has 0 spiro atoms. The Labute approximate surface area is 183 Å². The topological polar surface area (TPSA) is 97.4 Å². The third kappa shape index (κ3) is 5.80. The number of nitrogens with zero attached hydrogens (tertiary/aromatic N) is 1. The monoisotopic (exact) mass is 489 g/mol. The molecule has 30 heavy (non-hydrogen) atoms. The largest absolute Gasteiger partial charge is 0.439 e. The average Bonchev–Trinajstić information content (AvgIpc) is 2.74. The molecule has 1 amide bonds. The molecule has 3 rings (SSSR count). The van der Waals surface area contributed by atoms with Crippen LogP contribution in [-0.2, 0) is 10.0 Å². The SMILES string of the molecule is CCCNC(=O)c1ccc(Oc2ccc(NS(=O)(=O)c3ccc(Br)cc3)cc2)nc1. The summed E-state index contributed by atoms with van der Waals surface area (Å²) in [6, 6.07) is 16.0. The number of hydrogen-bond donors (Lipinski definition) is 2. The van der Waals surface area contributed by atoms with Crippen LogP contribution in [0.3, 0.4) is 0 Å². The van der Waals surface area contributed by atoms with E-state index in [9.17, 15) is 13.2 Å². The quantitative estimate of drug-likeness (QED) is 0.482. The van der Waals surface area contributed by atoms with Gasteiger partial charge in [-0.2, -0.15) is 0 Å². The Morgan fingerprint density at radius 1 is 1.03 bits per heavy atom. The highest BCUT2D eigenvalue weighted by atomic mass is 79.9. The first-order valence-electron chi connectivity index (χ1n) is 9.18. The second kappa shape index (κ2) is 9.73. The number of carbonyl (C=O) groups is 1. The lowest BCUT2D eigenvalue weighted by atomic mass is 10.2. The molecule has 0 fully saturated rings. The standard InChI is InChI=1S/C21H20BrN3O4S/c1-2-13-23-21(26)15-3-12-20(24-14-15)29-18-8-6-17(7-9-18)25-30(27,28)19-10-4-16(22)5-11-19/h3-12,14,25H,2,13H2,1H3,(H,23,26). The molecule has 1 aromatic heterocycles. The van der Waals surface area contributed by atoms with Crippen LogP contribution in [0, 0.1) is 0 Å². The van der Waals surface area contributed by atoms with Gasteiger partial charge in [0.15, 0.2) is 0 Å². The Morgan fingerprint density at radius 3 is 2.33 bits per heavy atom. The normalized spacial score (nSPS) is 11.0. The molecule has 156 valence electrons. The number of benzene rings is 2. The lowest BCUT2D eigenvalue weighted by Crippen LogP contribution is -2.23. The maximum atomic E-state index is 12.4. The van der Waals surface area contributed by atoms with Gasteiger partial charge in [0, 0.05) is 29.0 Å². The Balaban J connectivity index is 1.63. The molecule has 0 aliphatic carbocycles. The van der Waals surface area contributed by atoms with E-state index in [4.69, 9.17) is 4.74 Å². The Bertz CT molecular complexity index is 1100. The van der Waals surface area contributed by atoms with E-state index in [0.717, 1.165) is 10.9 Å². The van der Waals surface area contributed by atoms with Crippen molar-refractivity contribution in [3.8, 4) is 11.6 Å². The van der Waals surface area contributed by atoms with Crippen molar-refractivity contribution in [3.63, 3.8) is 0 Å². The third-order valence-corrected chi connectivity index (χ3v) is 5.91. The summed E-state index contributed by atoms with van der Waals surface area (Å²) in [6.07, 6.45) is 2.30. The number of hydrogen-bond acceptors (Lipinski definition) is 5. The van der Waals surface area contributed by atoms with Crippen molar-refractivity contribution in [1.29, 1.82) is 0 Å². The van der Waals surface area contributed by atoms with Crippen LogP contribution in [-0.4, -0.2) is 25.9 Å². The highest BCUT2D eigenvalue weighted by Crippen LogP contribution is 2.23. The van der Waals surface area contributed by atoms with Gasteiger partial charge < -0.3 is 10.1 Å².